The molecular formula is C28H31NO. The molecule has 1 aliphatic carbocycles. The topological polar surface area (TPSA) is 12.5 Å². The zero-order valence-electron chi connectivity index (χ0n) is 18.1. The van der Waals surface area contributed by atoms with E-state index in [1.807, 2.05) is 0 Å². The van der Waals surface area contributed by atoms with E-state index in [4.69, 9.17) is 4.84 Å². The summed E-state index contributed by atoms with van der Waals surface area (Å²) in [6.45, 7) is 4.70. The Balaban J connectivity index is 1.58. The van der Waals surface area contributed by atoms with E-state index in [9.17, 15) is 0 Å². The molecule has 2 aliphatic rings. The maximum atomic E-state index is 7.05. The molecule has 1 aliphatic heterocycles. The minimum atomic E-state index is -0.168. The van der Waals surface area contributed by atoms with Crippen LogP contribution < -0.4 is 0 Å². The monoisotopic (exact) mass is 397 g/mol. The van der Waals surface area contributed by atoms with Gasteiger partial charge in [0.25, 0.3) is 0 Å². The lowest BCUT2D eigenvalue weighted by Crippen LogP contribution is -2.48. The zero-order valence-corrected chi connectivity index (χ0v) is 18.1. The average molecular weight is 398 g/mol. The Hall–Kier alpha value is -2.42. The highest BCUT2D eigenvalue weighted by atomic mass is 16.7. The second-order valence-corrected chi connectivity index (χ2v) is 9.26. The molecule has 0 radical (unpaired) electrons. The smallest absolute Gasteiger partial charge is 0.105 e. The molecule has 0 amide bonds. The van der Waals surface area contributed by atoms with Crippen molar-refractivity contribution in [2.45, 2.75) is 63.1 Å². The van der Waals surface area contributed by atoms with Crippen molar-refractivity contribution in [2.75, 3.05) is 0 Å². The third-order valence-corrected chi connectivity index (χ3v) is 7.33. The van der Waals surface area contributed by atoms with E-state index in [0.29, 0.717) is 0 Å². The molecule has 0 saturated carbocycles. The predicted octanol–water partition coefficient (Wildman–Crippen LogP) is 6.92. The standard InChI is InChI=1S/C28H31NO/c1-27(23-14-5-3-6-15-23)20-21-28(2,24-16-7-4-8-17-24)29(27)30-26-19-11-13-22-12-9-10-18-25(22)26/h3-10,12,14-18,26H,11,13,19-21H2,1-2H3/t26?,27-,28-/m0/s1. The number of hydrogen-bond donors (Lipinski definition) is 0. The van der Waals surface area contributed by atoms with E-state index >= 15 is 0 Å². The number of nitrogens with zero attached hydrogens (tertiary/aromatic N) is 1. The van der Waals surface area contributed by atoms with Crippen LogP contribution in [0.1, 0.15) is 67.9 Å². The Bertz CT molecular complexity index is 948. The summed E-state index contributed by atoms with van der Waals surface area (Å²) in [5.74, 6) is 0. The highest BCUT2D eigenvalue weighted by molar-refractivity contribution is 5.33. The Morgan fingerprint density at radius 2 is 1.27 bits per heavy atom. The summed E-state index contributed by atoms with van der Waals surface area (Å²) in [4.78, 5) is 7.05. The Labute approximate surface area is 180 Å². The predicted molar refractivity (Wildman–Crippen MR) is 122 cm³/mol. The summed E-state index contributed by atoms with van der Waals surface area (Å²) in [6.07, 6.45) is 5.65. The third-order valence-electron chi connectivity index (χ3n) is 7.33. The molecule has 0 bridgehead atoms. The van der Waals surface area contributed by atoms with Gasteiger partial charge in [-0.1, -0.05) is 84.9 Å². The number of hydrogen-bond acceptors (Lipinski definition) is 2. The van der Waals surface area contributed by atoms with Crippen LogP contribution in [0.3, 0.4) is 0 Å². The molecule has 3 aromatic rings. The van der Waals surface area contributed by atoms with Crippen LogP contribution in [0.5, 0.6) is 0 Å². The first-order chi connectivity index (χ1) is 14.6. The molecule has 1 fully saturated rings. The van der Waals surface area contributed by atoms with Crippen molar-refractivity contribution in [3.8, 4) is 0 Å². The summed E-state index contributed by atoms with van der Waals surface area (Å²) in [7, 11) is 0. The van der Waals surface area contributed by atoms with Crippen LogP contribution in [0.2, 0.25) is 0 Å². The molecule has 2 heteroatoms. The van der Waals surface area contributed by atoms with Crippen molar-refractivity contribution >= 4 is 0 Å². The fourth-order valence-electron chi connectivity index (χ4n) is 5.53. The molecule has 0 aromatic heterocycles. The molecule has 2 nitrogen and oxygen atoms in total. The quantitative estimate of drug-likeness (QED) is 0.474. The van der Waals surface area contributed by atoms with E-state index in [2.05, 4.69) is 104 Å². The number of benzene rings is 3. The molecule has 30 heavy (non-hydrogen) atoms. The van der Waals surface area contributed by atoms with Crippen LogP contribution in [0.15, 0.2) is 84.9 Å². The zero-order chi connectivity index (χ0) is 20.6. The van der Waals surface area contributed by atoms with Gasteiger partial charge in [0.05, 0.1) is 11.1 Å². The normalized spacial score (nSPS) is 28.9. The average Bonchev–Trinajstić information content (AvgIpc) is 3.08. The Morgan fingerprint density at radius 1 is 0.733 bits per heavy atom. The molecule has 154 valence electrons. The van der Waals surface area contributed by atoms with Crippen LogP contribution in [0.4, 0.5) is 0 Å². The van der Waals surface area contributed by atoms with Gasteiger partial charge in [0.15, 0.2) is 0 Å². The molecule has 5 rings (SSSR count). The minimum Gasteiger partial charge on any atom is -0.289 e. The summed E-state index contributed by atoms with van der Waals surface area (Å²) in [5, 5.41) is 2.36. The highest BCUT2D eigenvalue weighted by Crippen LogP contribution is 2.53. The molecule has 1 unspecified atom stereocenters. The van der Waals surface area contributed by atoms with E-state index in [1.54, 1.807) is 0 Å². The molecular weight excluding hydrogens is 366 g/mol. The first kappa shape index (κ1) is 19.5. The van der Waals surface area contributed by atoms with Crippen LogP contribution in [0, 0.1) is 0 Å². The second kappa shape index (κ2) is 7.68. The highest BCUT2D eigenvalue weighted by Gasteiger charge is 2.53. The van der Waals surface area contributed by atoms with Crippen molar-refractivity contribution in [1.29, 1.82) is 0 Å². The second-order valence-electron chi connectivity index (χ2n) is 9.26. The third kappa shape index (κ3) is 3.19. The fraction of sp³-hybridized carbons (Fsp3) is 0.357. The van der Waals surface area contributed by atoms with E-state index < -0.39 is 0 Å². The number of rotatable bonds is 4. The molecule has 0 N–H and O–H groups in total. The van der Waals surface area contributed by atoms with Crippen molar-refractivity contribution in [3.63, 3.8) is 0 Å². The maximum absolute atomic E-state index is 7.05. The lowest BCUT2D eigenvalue weighted by atomic mass is 9.89. The molecule has 3 atom stereocenters. The van der Waals surface area contributed by atoms with Crippen LogP contribution >= 0.6 is 0 Å². The minimum absolute atomic E-state index is 0.110. The number of hydroxylamine groups is 2. The van der Waals surface area contributed by atoms with Crippen molar-refractivity contribution in [1.82, 2.24) is 5.06 Å². The van der Waals surface area contributed by atoms with Gasteiger partial charge in [-0.25, -0.2) is 0 Å². The Morgan fingerprint density at radius 3 is 1.87 bits per heavy atom. The van der Waals surface area contributed by atoms with Gasteiger partial charge in [-0.2, -0.15) is 5.06 Å². The van der Waals surface area contributed by atoms with Gasteiger partial charge < -0.3 is 0 Å². The summed E-state index contributed by atoms with van der Waals surface area (Å²) in [6, 6.07) is 30.6. The van der Waals surface area contributed by atoms with Crippen LogP contribution in [-0.2, 0) is 22.3 Å². The van der Waals surface area contributed by atoms with Crippen LogP contribution in [-0.4, -0.2) is 5.06 Å². The van der Waals surface area contributed by atoms with Crippen molar-refractivity contribution in [2.24, 2.45) is 0 Å². The largest absolute Gasteiger partial charge is 0.289 e. The van der Waals surface area contributed by atoms with Gasteiger partial charge in [-0.05, 0) is 68.2 Å². The van der Waals surface area contributed by atoms with E-state index in [0.717, 1.165) is 25.7 Å². The molecule has 1 saturated heterocycles. The fourth-order valence-corrected chi connectivity index (χ4v) is 5.53. The van der Waals surface area contributed by atoms with Gasteiger partial charge >= 0.3 is 0 Å². The summed E-state index contributed by atoms with van der Waals surface area (Å²) < 4.78 is 0. The Kier molecular flexibility index (Phi) is 5.00. The van der Waals surface area contributed by atoms with Gasteiger partial charge in [-0.3, -0.25) is 4.84 Å². The molecule has 1 heterocycles. The number of aryl methyl sites for hydroxylation is 1. The number of fused-ring (bicyclic) bond motifs is 1. The SMILES string of the molecule is C[C@@]1(c2ccccc2)CC[C@@](C)(c2ccccc2)N1OC1CCCc2ccccc21. The summed E-state index contributed by atoms with van der Waals surface area (Å²) >= 11 is 0. The molecule has 0 spiro atoms. The first-order valence-corrected chi connectivity index (χ1v) is 11.3. The van der Waals surface area contributed by atoms with E-state index in [-0.39, 0.29) is 17.2 Å². The lowest BCUT2D eigenvalue weighted by Gasteiger charge is -2.45. The molecule has 3 aromatic carbocycles. The first-order valence-electron chi connectivity index (χ1n) is 11.3. The van der Waals surface area contributed by atoms with Crippen molar-refractivity contribution < 1.29 is 4.84 Å². The van der Waals surface area contributed by atoms with Gasteiger partial charge in [0, 0.05) is 0 Å². The van der Waals surface area contributed by atoms with Gasteiger partial charge in [0.1, 0.15) is 6.10 Å². The van der Waals surface area contributed by atoms with E-state index in [1.165, 1.54) is 28.7 Å². The van der Waals surface area contributed by atoms with Crippen LogP contribution in [0.25, 0.3) is 0 Å². The summed E-state index contributed by atoms with van der Waals surface area (Å²) in [5.41, 5.74) is 5.12. The lowest BCUT2D eigenvalue weighted by molar-refractivity contribution is -0.288. The van der Waals surface area contributed by atoms with Gasteiger partial charge in [0.2, 0.25) is 0 Å². The van der Waals surface area contributed by atoms with Crippen molar-refractivity contribution in [3.05, 3.63) is 107 Å². The maximum Gasteiger partial charge on any atom is 0.105 e. The van der Waals surface area contributed by atoms with Gasteiger partial charge in [-0.15, -0.1) is 0 Å².